The molecular formula is C12H9ClF3N3O. The number of rotatable bonds is 3. The number of aromatic nitrogens is 2. The zero-order chi connectivity index (χ0) is 14.8. The van der Waals surface area contributed by atoms with Gasteiger partial charge in [-0.2, -0.15) is 18.3 Å². The maximum atomic E-state index is 12.0. The molecule has 0 bridgehead atoms. The molecule has 1 amide bonds. The first kappa shape index (κ1) is 14.4. The lowest BCUT2D eigenvalue weighted by Crippen LogP contribution is -2.33. The Labute approximate surface area is 116 Å². The minimum Gasteiger partial charge on any atom is -0.342 e. The van der Waals surface area contributed by atoms with Gasteiger partial charge in [-0.1, -0.05) is 23.7 Å². The first-order chi connectivity index (χ1) is 9.35. The molecule has 4 nitrogen and oxygen atoms in total. The van der Waals surface area contributed by atoms with E-state index in [-0.39, 0.29) is 5.69 Å². The van der Waals surface area contributed by atoms with E-state index in [1.54, 1.807) is 29.6 Å². The Morgan fingerprint density at radius 2 is 2.10 bits per heavy atom. The highest BCUT2D eigenvalue weighted by Gasteiger charge is 2.28. The van der Waals surface area contributed by atoms with Gasteiger partial charge in [-0.05, 0) is 18.2 Å². The molecule has 0 atom stereocenters. The van der Waals surface area contributed by atoms with Crippen LogP contribution in [0.1, 0.15) is 10.5 Å². The molecule has 0 aliphatic carbocycles. The van der Waals surface area contributed by atoms with Crippen LogP contribution in [0.15, 0.2) is 30.3 Å². The summed E-state index contributed by atoms with van der Waals surface area (Å²) >= 11 is 5.82. The Bertz CT molecular complexity index is 624. The van der Waals surface area contributed by atoms with Crippen molar-refractivity contribution >= 4 is 17.5 Å². The van der Waals surface area contributed by atoms with Crippen LogP contribution in [-0.4, -0.2) is 28.8 Å². The lowest BCUT2D eigenvalue weighted by molar-refractivity contribution is -0.123. The maximum Gasteiger partial charge on any atom is 0.405 e. The fraction of sp³-hybridized carbons (Fsp3) is 0.167. The normalized spacial score (nSPS) is 11.4. The highest BCUT2D eigenvalue weighted by molar-refractivity contribution is 6.30. The van der Waals surface area contributed by atoms with Gasteiger partial charge in [-0.3, -0.25) is 9.89 Å². The van der Waals surface area contributed by atoms with E-state index in [2.05, 4.69) is 10.2 Å². The molecule has 0 aliphatic heterocycles. The van der Waals surface area contributed by atoms with E-state index in [0.717, 1.165) is 0 Å². The minimum absolute atomic E-state index is 0.0516. The third kappa shape index (κ3) is 3.74. The molecule has 0 spiro atoms. The summed E-state index contributed by atoms with van der Waals surface area (Å²) in [6, 6.07) is 8.09. The summed E-state index contributed by atoms with van der Waals surface area (Å²) in [5.74, 6) is -0.872. The first-order valence-corrected chi connectivity index (χ1v) is 5.89. The van der Waals surface area contributed by atoms with Crippen molar-refractivity contribution < 1.29 is 18.0 Å². The van der Waals surface area contributed by atoms with E-state index < -0.39 is 18.6 Å². The van der Waals surface area contributed by atoms with Gasteiger partial charge in [0.25, 0.3) is 5.91 Å². The van der Waals surface area contributed by atoms with Crippen LogP contribution in [0, 0.1) is 0 Å². The van der Waals surface area contributed by atoms with Crippen molar-refractivity contribution in [3.8, 4) is 11.3 Å². The van der Waals surface area contributed by atoms with Crippen LogP contribution in [-0.2, 0) is 0 Å². The second-order valence-corrected chi connectivity index (χ2v) is 4.41. The fourth-order valence-electron chi connectivity index (χ4n) is 1.51. The van der Waals surface area contributed by atoms with E-state index in [0.29, 0.717) is 16.3 Å². The first-order valence-electron chi connectivity index (χ1n) is 5.51. The molecule has 1 aromatic carbocycles. The third-order valence-corrected chi connectivity index (χ3v) is 2.63. The van der Waals surface area contributed by atoms with Gasteiger partial charge in [0.2, 0.25) is 0 Å². The minimum atomic E-state index is -4.45. The fourth-order valence-corrected chi connectivity index (χ4v) is 1.70. The molecule has 0 aliphatic rings. The number of nitrogens with one attached hydrogen (secondary N) is 2. The Morgan fingerprint density at radius 1 is 1.35 bits per heavy atom. The SMILES string of the molecule is O=C(NCC(F)(F)F)c1cc(-c2cccc(Cl)c2)n[nH]1. The number of nitrogens with zero attached hydrogens (tertiary/aromatic N) is 1. The summed E-state index contributed by atoms with van der Waals surface area (Å²) in [4.78, 5) is 11.5. The van der Waals surface area contributed by atoms with E-state index >= 15 is 0 Å². The molecule has 1 aromatic heterocycles. The van der Waals surface area contributed by atoms with E-state index in [9.17, 15) is 18.0 Å². The van der Waals surface area contributed by atoms with Crippen molar-refractivity contribution in [1.82, 2.24) is 15.5 Å². The molecule has 1 heterocycles. The third-order valence-electron chi connectivity index (χ3n) is 2.39. The van der Waals surface area contributed by atoms with Crippen LogP contribution in [0.25, 0.3) is 11.3 Å². The van der Waals surface area contributed by atoms with Gasteiger partial charge in [-0.25, -0.2) is 0 Å². The zero-order valence-electron chi connectivity index (χ0n) is 9.96. The number of benzene rings is 1. The summed E-state index contributed by atoms with van der Waals surface area (Å²) in [7, 11) is 0. The van der Waals surface area contributed by atoms with Crippen LogP contribution in [0.2, 0.25) is 5.02 Å². The predicted molar refractivity (Wildman–Crippen MR) is 67.4 cm³/mol. The van der Waals surface area contributed by atoms with Crippen molar-refractivity contribution in [1.29, 1.82) is 0 Å². The topological polar surface area (TPSA) is 57.8 Å². The van der Waals surface area contributed by atoms with Gasteiger partial charge < -0.3 is 5.32 Å². The summed E-state index contributed by atoms with van der Waals surface area (Å²) in [5.41, 5.74) is 1.03. The van der Waals surface area contributed by atoms with Gasteiger partial charge in [0, 0.05) is 10.6 Å². The highest BCUT2D eigenvalue weighted by Crippen LogP contribution is 2.21. The highest BCUT2D eigenvalue weighted by atomic mass is 35.5. The molecule has 0 saturated carbocycles. The van der Waals surface area contributed by atoms with E-state index in [1.807, 2.05) is 0 Å². The average Bonchev–Trinajstić information content (AvgIpc) is 2.84. The van der Waals surface area contributed by atoms with Crippen LogP contribution >= 0.6 is 11.6 Å². The van der Waals surface area contributed by atoms with E-state index in [1.165, 1.54) is 6.07 Å². The molecule has 2 aromatic rings. The van der Waals surface area contributed by atoms with Crippen LogP contribution in [0.4, 0.5) is 13.2 Å². The van der Waals surface area contributed by atoms with Gasteiger partial charge in [0.15, 0.2) is 0 Å². The molecule has 8 heteroatoms. The van der Waals surface area contributed by atoms with Crippen LogP contribution in [0.5, 0.6) is 0 Å². The number of carbonyl (C=O) groups is 1. The monoisotopic (exact) mass is 303 g/mol. The molecule has 2 rings (SSSR count). The number of hydrogen-bond donors (Lipinski definition) is 2. The Morgan fingerprint density at radius 3 is 2.75 bits per heavy atom. The molecule has 2 N–H and O–H groups in total. The Kier molecular flexibility index (Phi) is 3.99. The molecular weight excluding hydrogens is 295 g/mol. The average molecular weight is 304 g/mol. The summed E-state index contributed by atoms with van der Waals surface area (Å²) in [6.45, 7) is -1.39. The van der Waals surface area contributed by atoms with Crippen molar-refractivity contribution in [3.63, 3.8) is 0 Å². The van der Waals surface area contributed by atoms with Gasteiger partial charge in [0.1, 0.15) is 12.2 Å². The van der Waals surface area contributed by atoms with Crippen molar-refractivity contribution in [2.24, 2.45) is 0 Å². The van der Waals surface area contributed by atoms with Gasteiger partial charge >= 0.3 is 6.18 Å². The summed E-state index contributed by atoms with van der Waals surface area (Å²) < 4.78 is 36.0. The van der Waals surface area contributed by atoms with Gasteiger partial charge in [0.05, 0.1) is 5.69 Å². The maximum absolute atomic E-state index is 12.0. The lowest BCUT2D eigenvalue weighted by atomic mass is 10.1. The molecule has 20 heavy (non-hydrogen) atoms. The molecule has 106 valence electrons. The van der Waals surface area contributed by atoms with E-state index in [4.69, 9.17) is 11.6 Å². The summed E-state index contributed by atoms with van der Waals surface area (Å²) in [6.07, 6.45) is -4.45. The molecule has 0 unspecified atom stereocenters. The molecule has 0 saturated heterocycles. The number of alkyl halides is 3. The largest absolute Gasteiger partial charge is 0.405 e. The number of carbonyl (C=O) groups excluding carboxylic acids is 1. The summed E-state index contributed by atoms with van der Waals surface area (Å²) in [5, 5.41) is 8.50. The quantitative estimate of drug-likeness (QED) is 0.915. The Hall–Kier alpha value is -2.02. The number of aromatic amines is 1. The number of H-pyrrole nitrogens is 1. The lowest BCUT2D eigenvalue weighted by Gasteiger charge is -2.06. The van der Waals surface area contributed by atoms with Crippen molar-refractivity contribution in [3.05, 3.63) is 41.0 Å². The molecule has 0 radical (unpaired) electrons. The Balaban J connectivity index is 2.11. The van der Waals surface area contributed by atoms with Crippen LogP contribution < -0.4 is 5.32 Å². The zero-order valence-corrected chi connectivity index (χ0v) is 10.7. The molecule has 0 fully saturated rings. The van der Waals surface area contributed by atoms with Crippen molar-refractivity contribution in [2.75, 3.05) is 6.54 Å². The number of amides is 1. The second kappa shape index (κ2) is 5.54. The van der Waals surface area contributed by atoms with Crippen molar-refractivity contribution in [2.45, 2.75) is 6.18 Å². The predicted octanol–water partition coefficient (Wildman–Crippen LogP) is 3.02. The number of hydrogen-bond acceptors (Lipinski definition) is 2. The second-order valence-electron chi connectivity index (χ2n) is 3.98. The smallest absolute Gasteiger partial charge is 0.342 e. The number of halogens is 4. The standard InChI is InChI=1S/C12H9ClF3N3O/c13-8-3-1-2-7(4-8)9-5-10(19-18-9)11(20)17-6-12(14,15)16/h1-5H,6H2,(H,17,20)(H,18,19). The van der Waals surface area contributed by atoms with Gasteiger partial charge in [-0.15, -0.1) is 0 Å². The van der Waals surface area contributed by atoms with Crippen LogP contribution in [0.3, 0.4) is 0 Å².